The molecule has 2 aromatic rings. The van der Waals surface area contributed by atoms with Crippen LogP contribution < -0.4 is 10.0 Å². The van der Waals surface area contributed by atoms with E-state index in [0.717, 1.165) is 17.7 Å². The fraction of sp³-hybridized carbons (Fsp3) is 0.500. The molecule has 0 aliphatic heterocycles. The Morgan fingerprint density at radius 2 is 1.62 bits per heavy atom. The first-order valence-electron chi connectivity index (χ1n) is 12.3. The van der Waals surface area contributed by atoms with Crippen LogP contribution in [-0.4, -0.2) is 46.3 Å². The minimum Gasteiger partial charge on any atom is -0.415 e. The first kappa shape index (κ1) is 30.6. The molecule has 0 aliphatic rings. The summed E-state index contributed by atoms with van der Waals surface area (Å²) in [6.45, 7) is 14.4. The van der Waals surface area contributed by atoms with E-state index in [2.05, 4.69) is 43.9 Å². The minimum atomic E-state index is -4.35. The Morgan fingerprint density at radius 1 is 1.05 bits per heavy atom. The topological polar surface area (TPSA) is 128 Å². The van der Waals surface area contributed by atoms with Gasteiger partial charge in [-0.25, -0.2) is 8.42 Å². The molecule has 0 saturated heterocycles. The third kappa shape index (κ3) is 8.46. The van der Waals surface area contributed by atoms with Crippen LogP contribution in [0.5, 0.6) is 0 Å². The number of nitro groups is 1. The predicted octanol–water partition coefficient (Wildman–Crippen LogP) is 4.65. The molecule has 1 amide bonds. The summed E-state index contributed by atoms with van der Waals surface area (Å²) in [6, 6.07) is 13.2. The van der Waals surface area contributed by atoms with E-state index in [1.165, 1.54) is 12.1 Å². The van der Waals surface area contributed by atoms with Crippen LogP contribution in [0.3, 0.4) is 0 Å². The molecule has 0 fully saturated rings. The molecular formula is C26H39N3O6SSi. The van der Waals surface area contributed by atoms with E-state index in [-0.39, 0.29) is 11.6 Å². The highest BCUT2D eigenvalue weighted by Crippen LogP contribution is 2.36. The summed E-state index contributed by atoms with van der Waals surface area (Å²) in [5.74, 6) is -0.937. The number of benzene rings is 2. The Labute approximate surface area is 221 Å². The third-order valence-electron chi connectivity index (χ3n) is 6.71. The number of nitrogens with one attached hydrogen (secondary N) is 2. The molecule has 0 aliphatic carbocycles. The van der Waals surface area contributed by atoms with E-state index in [4.69, 9.17) is 4.43 Å². The number of amides is 1. The van der Waals surface area contributed by atoms with Crippen LogP contribution in [0.1, 0.15) is 40.2 Å². The molecule has 0 radical (unpaired) electrons. The summed E-state index contributed by atoms with van der Waals surface area (Å²) in [5.41, 5.74) is 0.454. The lowest BCUT2D eigenvalue weighted by Crippen LogP contribution is -2.54. The highest BCUT2D eigenvalue weighted by molar-refractivity contribution is 7.89. The van der Waals surface area contributed by atoms with Crippen LogP contribution >= 0.6 is 0 Å². The second-order valence-electron chi connectivity index (χ2n) is 11.0. The van der Waals surface area contributed by atoms with E-state index < -0.39 is 57.8 Å². The van der Waals surface area contributed by atoms with Crippen molar-refractivity contribution in [3.8, 4) is 0 Å². The van der Waals surface area contributed by atoms with Crippen molar-refractivity contribution in [1.82, 2.24) is 10.0 Å². The fourth-order valence-electron chi connectivity index (χ4n) is 3.42. The molecule has 0 saturated carbocycles. The first-order chi connectivity index (χ1) is 17.0. The Morgan fingerprint density at radius 3 is 2.16 bits per heavy atom. The monoisotopic (exact) mass is 549 g/mol. The maximum Gasteiger partial charge on any atom is 0.289 e. The van der Waals surface area contributed by atoms with Crippen LogP contribution in [0.25, 0.3) is 0 Å². The normalized spacial score (nSPS) is 14.3. The molecule has 0 unspecified atom stereocenters. The van der Waals surface area contributed by atoms with Crippen molar-refractivity contribution in [3.05, 3.63) is 70.3 Å². The Kier molecular flexibility index (Phi) is 10.2. The number of sulfonamides is 1. The summed E-state index contributed by atoms with van der Waals surface area (Å²) in [4.78, 5) is 23.6. The van der Waals surface area contributed by atoms with Gasteiger partial charge in [-0.15, -0.1) is 0 Å². The highest BCUT2D eigenvalue weighted by Gasteiger charge is 2.38. The van der Waals surface area contributed by atoms with Gasteiger partial charge >= 0.3 is 0 Å². The van der Waals surface area contributed by atoms with Gasteiger partial charge in [-0.3, -0.25) is 14.9 Å². The van der Waals surface area contributed by atoms with E-state index >= 15 is 0 Å². The zero-order valence-corrected chi connectivity index (χ0v) is 24.5. The Hall–Kier alpha value is -2.60. The summed E-state index contributed by atoms with van der Waals surface area (Å²) >= 11 is 0. The van der Waals surface area contributed by atoms with Crippen LogP contribution in [0.15, 0.2) is 59.5 Å². The summed E-state index contributed by atoms with van der Waals surface area (Å²) in [6.07, 6.45) is 0.503. The maximum atomic E-state index is 13.4. The van der Waals surface area contributed by atoms with Gasteiger partial charge in [0.05, 0.1) is 17.6 Å². The number of carbonyl (C=O) groups is 1. The Balaban J connectivity index is 2.29. The van der Waals surface area contributed by atoms with E-state index in [1.54, 1.807) is 13.8 Å². The van der Waals surface area contributed by atoms with Gasteiger partial charge in [0.1, 0.15) is 6.04 Å². The number of para-hydroxylation sites is 1. The SMILES string of the molecule is CC(C)[C@@H](NS(=O)(=O)c1ccccc1[N+](=O)[O-])C(=O)N[C@H](CO[Si](C)(C)C(C)(C)C)Cc1ccccc1. The third-order valence-corrected chi connectivity index (χ3v) is 12.7. The van der Waals surface area contributed by atoms with E-state index in [9.17, 15) is 23.3 Å². The average Bonchev–Trinajstić information content (AvgIpc) is 2.80. The molecule has 37 heavy (non-hydrogen) atoms. The van der Waals surface area contributed by atoms with Gasteiger partial charge in [0, 0.05) is 6.07 Å². The second kappa shape index (κ2) is 12.3. The van der Waals surface area contributed by atoms with Crippen molar-refractivity contribution < 1.29 is 22.6 Å². The van der Waals surface area contributed by atoms with Crippen LogP contribution in [0.2, 0.25) is 18.1 Å². The highest BCUT2D eigenvalue weighted by atomic mass is 32.2. The van der Waals surface area contributed by atoms with Gasteiger partial charge in [-0.2, -0.15) is 4.72 Å². The standard InChI is InChI=1S/C26H39N3O6SSi/c1-19(2)24(28-36(33,34)23-16-12-11-15-22(23)29(31)32)25(30)27-21(17-20-13-9-8-10-14-20)18-35-37(6,7)26(3,4)5/h8-16,19,21,24,28H,17-18H2,1-7H3,(H,27,30)/t21-,24+/m0/s1. The van der Waals surface area contributed by atoms with Gasteiger partial charge in [0.25, 0.3) is 5.69 Å². The average molecular weight is 550 g/mol. The number of rotatable bonds is 12. The molecule has 0 heterocycles. The lowest BCUT2D eigenvalue weighted by atomic mass is 10.0. The molecule has 0 spiro atoms. The molecule has 2 atom stereocenters. The zero-order chi connectivity index (χ0) is 28.0. The quantitative estimate of drug-likeness (QED) is 0.225. The predicted molar refractivity (Wildman–Crippen MR) is 147 cm³/mol. The van der Waals surface area contributed by atoms with Crippen molar-refractivity contribution >= 4 is 29.9 Å². The molecule has 204 valence electrons. The number of hydrogen-bond acceptors (Lipinski definition) is 6. The van der Waals surface area contributed by atoms with Crippen LogP contribution in [0, 0.1) is 16.0 Å². The molecular weight excluding hydrogens is 510 g/mol. The van der Waals surface area contributed by atoms with Crippen molar-refractivity contribution in [2.75, 3.05) is 6.61 Å². The summed E-state index contributed by atoms with van der Waals surface area (Å²) < 4.78 is 35.0. The largest absolute Gasteiger partial charge is 0.415 e. The molecule has 11 heteroatoms. The molecule has 2 aromatic carbocycles. The van der Waals surface area contributed by atoms with Gasteiger partial charge < -0.3 is 9.74 Å². The number of carbonyl (C=O) groups excluding carboxylic acids is 1. The summed E-state index contributed by atoms with van der Waals surface area (Å²) in [7, 11) is -6.46. The van der Waals surface area contributed by atoms with E-state index in [0.29, 0.717) is 6.42 Å². The first-order valence-corrected chi connectivity index (χ1v) is 16.7. The van der Waals surface area contributed by atoms with Gasteiger partial charge in [-0.1, -0.05) is 77.1 Å². The molecule has 0 aromatic heterocycles. The minimum absolute atomic E-state index is 0.0190. The van der Waals surface area contributed by atoms with Gasteiger partial charge in [0.15, 0.2) is 13.2 Å². The molecule has 0 bridgehead atoms. The smallest absolute Gasteiger partial charge is 0.289 e. The number of nitro benzene ring substituents is 1. The van der Waals surface area contributed by atoms with Crippen molar-refractivity contribution in [2.45, 2.75) is 76.2 Å². The van der Waals surface area contributed by atoms with Gasteiger partial charge in [-0.05, 0) is 42.1 Å². The Bertz CT molecular complexity index is 1180. The number of nitrogens with zero attached hydrogens (tertiary/aromatic N) is 1. The molecule has 2 rings (SSSR count). The van der Waals surface area contributed by atoms with Gasteiger partial charge in [0.2, 0.25) is 15.9 Å². The van der Waals surface area contributed by atoms with Crippen molar-refractivity contribution in [1.29, 1.82) is 0 Å². The van der Waals surface area contributed by atoms with Crippen LogP contribution in [-0.2, 0) is 25.7 Å². The number of hydrogen-bond donors (Lipinski definition) is 2. The second-order valence-corrected chi connectivity index (χ2v) is 17.5. The molecule has 9 nitrogen and oxygen atoms in total. The van der Waals surface area contributed by atoms with Crippen molar-refractivity contribution in [2.24, 2.45) is 5.92 Å². The van der Waals surface area contributed by atoms with Crippen LogP contribution in [0.4, 0.5) is 5.69 Å². The fourth-order valence-corrected chi connectivity index (χ4v) is 5.99. The van der Waals surface area contributed by atoms with E-state index in [1.807, 2.05) is 30.3 Å². The lowest BCUT2D eigenvalue weighted by Gasteiger charge is -2.37. The molecule has 2 N–H and O–H groups in total. The maximum absolute atomic E-state index is 13.4. The van der Waals surface area contributed by atoms with Crippen molar-refractivity contribution in [3.63, 3.8) is 0 Å². The zero-order valence-electron chi connectivity index (χ0n) is 22.6. The summed E-state index contributed by atoms with van der Waals surface area (Å²) in [5, 5.41) is 14.3. The lowest BCUT2D eigenvalue weighted by molar-refractivity contribution is -0.387.